The Hall–Kier alpha value is -1.72. The van der Waals surface area contributed by atoms with Gasteiger partial charge in [-0.1, -0.05) is 41.5 Å². The molecule has 0 bridgehead atoms. The van der Waals surface area contributed by atoms with Gasteiger partial charge in [0.1, 0.15) is 11.1 Å². The maximum absolute atomic E-state index is 13.0. The van der Waals surface area contributed by atoms with Crippen LogP contribution in [0.4, 0.5) is 0 Å². The van der Waals surface area contributed by atoms with Crippen molar-refractivity contribution in [1.82, 2.24) is 4.90 Å². The van der Waals surface area contributed by atoms with Crippen LogP contribution < -0.4 is 24.0 Å². The zero-order chi connectivity index (χ0) is 24.2. The third-order valence-corrected chi connectivity index (χ3v) is 7.30. The van der Waals surface area contributed by atoms with Crippen molar-refractivity contribution in [2.24, 2.45) is 4.99 Å². The normalized spacial score (nSPS) is 23.3. The van der Waals surface area contributed by atoms with Crippen molar-refractivity contribution in [3.8, 4) is 5.75 Å². The number of phenolic OH excluding ortho intramolecular Hbond substituents is 1. The van der Waals surface area contributed by atoms with Crippen LogP contribution >= 0.6 is 11.8 Å². The number of carbonyl (C=O) groups excluding carboxylic acids is 2. The number of hydrogen-bond donors (Lipinski definition) is 1. The number of benzene rings is 1. The van der Waals surface area contributed by atoms with E-state index in [2.05, 4.69) is 4.99 Å². The number of β-lactam (4-membered cyclic amide) rings is 1. The monoisotopic (exact) mass is 466 g/mol. The first-order valence-corrected chi connectivity index (χ1v) is 11.5. The van der Waals surface area contributed by atoms with Gasteiger partial charge in [0.05, 0.1) is 11.7 Å². The molecule has 2 heterocycles. The van der Waals surface area contributed by atoms with Gasteiger partial charge in [0.15, 0.2) is 0 Å². The molecule has 7 nitrogen and oxygen atoms in total. The fourth-order valence-corrected chi connectivity index (χ4v) is 5.43. The number of aliphatic carboxylic acids is 1. The summed E-state index contributed by atoms with van der Waals surface area (Å²) in [7, 11) is 1.40. The molecule has 2 atom stereocenters. The molecule has 0 radical (unpaired) electrons. The van der Waals surface area contributed by atoms with E-state index >= 15 is 0 Å². The van der Waals surface area contributed by atoms with Gasteiger partial charge >= 0.3 is 18.9 Å². The van der Waals surface area contributed by atoms with Crippen molar-refractivity contribution < 1.29 is 43.4 Å². The third-order valence-electron chi connectivity index (χ3n) is 5.86. The number of carbonyl (C=O) groups is 2. The van der Waals surface area contributed by atoms with E-state index < -0.39 is 23.0 Å². The molecule has 1 aromatic carbocycles. The van der Waals surface area contributed by atoms with Crippen molar-refractivity contribution in [2.75, 3.05) is 12.9 Å². The summed E-state index contributed by atoms with van der Waals surface area (Å²) in [5.41, 5.74) is 0.657. The molecule has 0 spiro atoms. The number of nitrogens with zero attached hydrogens (tertiary/aromatic N) is 2. The van der Waals surface area contributed by atoms with E-state index in [1.54, 1.807) is 13.1 Å². The van der Waals surface area contributed by atoms with Gasteiger partial charge in [0, 0.05) is 30.2 Å². The van der Waals surface area contributed by atoms with Crippen LogP contribution in [0.5, 0.6) is 5.75 Å². The number of carboxylic acids is 1. The fourth-order valence-electron chi connectivity index (χ4n) is 4.06. The van der Waals surface area contributed by atoms with Crippen LogP contribution in [0, 0.1) is 0 Å². The molecule has 1 N–H and O–H groups in total. The Balaban J connectivity index is 0.00000385. The second-order valence-electron chi connectivity index (χ2n) is 10.4. The number of phenols is 1. The minimum absolute atomic E-state index is 0. The summed E-state index contributed by atoms with van der Waals surface area (Å²) in [6, 6.07) is 3.73. The number of carboxylic acid groups (broad SMARTS) is 1. The van der Waals surface area contributed by atoms with E-state index in [9.17, 15) is 19.8 Å². The van der Waals surface area contributed by atoms with Crippen molar-refractivity contribution in [1.29, 1.82) is 0 Å². The van der Waals surface area contributed by atoms with Crippen LogP contribution in [-0.2, 0) is 25.2 Å². The van der Waals surface area contributed by atoms with Gasteiger partial charge in [-0.3, -0.25) is 9.69 Å². The Bertz CT molecular complexity index is 1000. The maximum Gasteiger partial charge on any atom is 1.00 e. The molecule has 2 aliphatic heterocycles. The maximum atomic E-state index is 13.0. The Morgan fingerprint density at radius 2 is 1.76 bits per heavy atom. The Kier molecular flexibility index (Phi) is 7.63. The van der Waals surface area contributed by atoms with Crippen LogP contribution in [-0.4, -0.2) is 52.1 Å². The number of methoxy groups -OCH3 is 1. The minimum Gasteiger partial charge on any atom is -0.543 e. The standard InChI is InChI=1S/C24H32N2O5S.Li/c1-13-12-32-21-24(31-8,20(30)26(21)17(13)19(28)29)25-11-14-9-15(22(2,3)4)18(27)16(10-14)23(5,6)7;/h9-11,21,27H,12H2,1-8H3,(H,28,29);/q;+1/p-1/t21-,24+;/m1./s1. The predicted molar refractivity (Wildman–Crippen MR) is 124 cm³/mol. The Morgan fingerprint density at radius 1 is 1.24 bits per heavy atom. The van der Waals surface area contributed by atoms with E-state index in [0.717, 1.165) is 16.7 Å². The zero-order valence-electron chi connectivity index (χ0n) is 20.9. The molecular weight excluding hydrogens is 435 g/mol. The van der Waals surface area contributed by atoms with Gasteiger partial charge in [-0.2, -0.15) is 0 Å². The number of hydrogen-bond acceptors (Lipinski definition) is 7. The molecule has 1 fully saturated rings. The van der Waals surface area contributed by atoms with Crippen molar-refractivity contribution in [3.63, 3.8) is 0 Å². The summed E-state index contributed by atoms with van der Waals surface area (Å²) in [4.78, 5) is 30.4. The van der Waals surface area contributed by atoms with E-state index in [1.165, 1.54) is 23.8 Å². The minimum atomic E-state index is -1.51. The van der Waals surface area contributed by atoms with E-state index in [0.29, 0.717) is 11.3 Å². The molecule has 1 amide bonds. The van der Waals surface area contributed by atoms with Crippen LogP contribution in [0.2, 0.25) is 0 Å². The molecule has 0 saturated carbocycles. The first-order valence-electron chi connectivity index (χ1n) is 10.5. The molecule has 3 rings (SSSR count). The molecule has 0 aliphatic carbocycles. The van der Waals surface area contributed by atoms with Crippen LogP contribution in [0.25, 0.3) is 0 Å². The van der Waals surface area contributed by atoms with E-state index in [-0.39, 0.29) is 41.1 Å². The molecule has 174 valence electrons. The Labute approximate surface area is 211 Å². The summed E-state index contributed by atoms with van der Waals surface area (Å²) in [6.45, 7) is 13.8. The molecule has 1 saturated heterocycles. The molecule has 2 aliphatic rings. The van der Waals surface area contributed by atoms with E-state index in [4.69, 9.17) is 4.74 Å². The van der Waals surface area contributed by atoms with Gasteiger partial charge in [0.25, 0.3) is 11.6 Å². The van der Waals surface area contributed by atoms with Crippen molar-refractivity contribution >= 4 is 29.9 Å². The van der Waals surface area contributed by atoms with Crippen LogP contribution in [0.1, 0.15) is 65.2 Å². The Morgan fingerprint density at radius 3 is 2.18 bits per heavy atom. The van der Waals surface area contributed by atoms with Gasteiger partial charge < -0.3 is 19.7 Å². The summed E-state index contributed by atoms with van der Waals surface area (Å²) in [5, 5.41) is 21.9. The zero-order valence-corrected chi connectivity index (χ0v) is 21.7. The quantitative estimate of drug-likeness (QED) is 0.371. The number of thioether (sulfide) groups is 1. The summed E-state index contributed by atoms with van der Waals surface area (Å²) >= 11 is 1.41. The number of aromatic hydroxyl groups is 1. The largest absolute Gasteiger partial charge is 1.00 e. The predicted octanol–water partition coefficient (Wildman–Crippen LogP) is -0.308. The number of rotatable bonds is 4. The van der Waals surface area contributed by atoms with Crippen LogP contribution in [0.15, 0.2) is 28.4 Å². The third kappa shape index (κ3) is 4.63. The molecule has 1 aromatic rings. The van der Waals surface area contributed by atoms with Crippen molar-refractivity contribution in [2.45, 2.75) is 70.4 Å². The van der Waals surface area contributed by atoms with E-state index in [1.807, 2.05) is 53.7 Å². The van der Waals surface area contributed by atoms with Crippen molar-refractivity contribution in [3.05, 3.63) is 40.1 Å². The average molecular weight is 467 g/mol. The second-order valence-corrected chi connectivity index (χ2v) is 11.4. The molecule has 9 heteroatoms. The first-order chi connectivity index (χ1) is 14.6. The number of fused-ring (bicyclic) bond motifs is 1. The average Bonchev–Trinajstić information content (AvgIpc) is 2.67. The van der Waals surface area contributed by atoms with Gasteiger partial charge in [0.2, 0.25) is 0 Å². The molecule has 0 unspecified atom stereocenters. The SMILES string of the molecule is CO[C@@]1(N=Cc2cc(C(C)(C)C)c(O)c(C(C)(C)C)c2)C(=O)N2C(C(=O)[O-])=C(C)CS[C@@H]21.[Li+]. The van der Waals surface area contributed by atoms with Gasteiger partial charge in [-0.05, 0) is 41.0 Å². The summed E-state index contributed by atoms with van der Waals surface area (Å²) < 4.78 is 5.56. The molecule has 33 heavy (non-hydrogen) atoms. The fraction of sp³-hybridized carbons (Fsp3) is 0.542. The number of amides is 1. The second kappa shape index (κ2) is 9.14. The number of ether oxygens (including phenoxy) is 1. The number of aliphatic imine (C=N–C) groups is 1. The molecule has 0 aromatic heterocycles. The first kappa shape index (κ1) is 27.5. The topological polar surface area (TPSA) is 102 Å². The van der Waals surface area contributed by atoms with Gasteiger partial charge in [-0.15, -0.1) is 11.8 Å². The van der Waals surface area contributed by atoms with Crippen LogP contribution in [0.3, 0.4) is 0 Å². The summed E-state index contributed by atoms with van der Waals surface area (Å²) in [5.74, 6) is -1.20. The molecular formula is C24H31LiN2O5S. The summed E-state index contributed by atoms with van der Waals surface area (Å²) in [6.07, 6.45) is 1.58. The van der Waals surface area contributed by atoms with Gasteiger partial charge in [-0.25, -0.2) is 4.99 Å². The smallest absolute Gasteiger partial charge is 0.543 e.